The third kappa shape index (κ3) is 4.26. The van der Waals surface area contributed by atoms with Gasteiger partial charge in [0.2, 0.25) is 0 Å². The Hall–Kier alpha value is 0.170. The number of hydrogen-bond donors (Lipinski definition) is 1. The van der Waals surface area contributed by atoms with Gasteiger partial charge in [0.25, 0.3) is 0 Å². The third-order valence-corrected chi connectivity index (χ3v) is 2.79. The van der Waals surface area contributed by atoms with Crippen LogP contribution < -0.4 is 5.73 Å². The maximum atomic E-state index is 5.88. The molecule has 0 heterocycles. The van der Waals surface area contributed by atoms with E-state index in [0.717, 1.165) is 12.8 Å². The van der Waals surface area contributed by atoms with E-state index in [1.54, 1.807) is 0 Å². The third-order valence-electron chi connectivity index (χ3n) is 1.99. The van der Waals surface area contributed by atoms with Gasteiger partial charge in [0.05, 0.1) is 0 Å². The molecule has 0 aromatic rings. The van der Waals surface area contributed by atoms with E-state index in [1.165, 1.54) is 11.1 Å². The second-order valence-corrected chi connectivity index (χ2v) is 3.56. The highest BCUT2D eigenvalue weighted by Crippen LogP contribution is 2.11. The molecule has 0 saturated heterocycles. The predicted molar refractivity (Wildman–Crippen MR) is 64.4 cm³/mol. The molecule has 0 aliphatic carbocycles. The first-order valence-electron chi connectivity index (χ1n) is 4.38. The van der Waals surface area contributed by atoms with Crippen LogP contribution in [0.2, 0.25) is 0 Å². The van der Waals surface area contributed by atoms with Gasteiger partial charge in [-0.1, -0.05) is 48.1 Å². The van der Waals surface area contributed by atoms with Crippen molar-refractivity contribution in [2.75, 3.05) is 0 Å². The Labute approximate surface area is 89.2 Å². The van der Waals surface area contributed by atoms with Crippen LogP contribution in [0.15, 0.2) is 21.3 Å². The van der Waals surface area contributed by atoms with Crippen molar-refractivity contribution in [1.82, 2.24) is 0 Å². The molecule has 0 fully saturated rings. The van der Waals surface area contributed by atoms with Gasteiger partial charge in [-0.15, -0.1) is 0 Å². The minimum absolute atomic E-state index is 0.225. The summed E-state index contributed by atoms with van der Waals surface area (Å²) in [5.74, 6) is 0. The summed E-state index contributed by atoms with van der Waals surface area (Å²) in [5, 5.41) is 0. The Morgan fingerprint density at radius 2 is 2.08 bits per heavy atom. The maximum absolute atomic E-state index is 5.88. The lowest BCUT2D eigenvalue weighted by Gasteiger charge is -2.09. The van der Waals surface area contributed by atoms with Crippen molar-refractivity contribution >= 4 is 22.6 Å². The van der Waals surface area contributed by atoms with Gasteiger partial charge in [0, 0.05) is 6.04 Å². The van der Waals surface area contributed by atoms with Gasteiger partial charge in [0.15, 0.2) is 0 Å². The SMILES string of the molecule is CCC(=C/I)/C=C(\C)[C@H](N)CC. The van der Waals surface area contributed by atoms with Crippen LogP contribution in [0.25, 0.3) is 0 Å². The van der Waals surface area contributed by atoms with Crippen LogP contribution >= 0.6 is 22.6 Å². The summed E-state index contributed by atoms with van der Waals surface area (Å²) >= 11 is 2.27. The van der Waals surface area contributed by atoms with Crippen molar-refractivity contribution in [2.45, 2.75) is 39.7 Å². The van der Waals surface area contributed by atoms with Crippen molar-refractivity contribution in [3.63, 3.8) is 0 Å². The Morgan fingerprint density at radius 3 is 2.42 bits per heavy atom. The topological polar surface area (TPSA) is 26.0 Å². The molecule has 0 saturated carbocycles. The van der Waals surface area contributed by atoms with Gasteiger partial charge in [-0.05, 0) is 29.4 Å². The van der Waals surface area contributed by atoms with Crippen molar-refractivity contribution in [3.05, 3.63) is 21.3 Å². The van der Waals surface area contributed by atoms with Crippen LogP contribution in [0.5, 0.6) is 0 Å². The van der Waals surface area contributed by atoms with E-state index in [2.05, 4.69) is 53.5 Å². The average molecular weight is 279 g/mol. The molecule has 2 heteroatoms. The molecule has 2 N–H and O–H groups in total. The fraction of sp³-hybridized carbons (Fsp3) is 0.600. The zero-order chi connectivity index (χ0) is 9.56. The van der Waals surface area contributed by atoms with Gasteiger partial charge >= 0.3 is 0 Å². The Balaban J connectivity index is 4.33. The van der Waals surface area contributed by atoms with Gasteiger partial charge in [0.1, 0.15) is 0 Å². The van der Waals surface area contributed by atoms with Crippen LogP contribution in [0.3, 0.4) is 0 Å². The largest absolute Gasteiger partial charge is 0.324 e. The number of allylic oxidation sites excluding steroid dienone is 2. The van der Waals surface area contributed by atoms with Crippen molar-refractivity contribution < 1.29 is 0 Å². The molecule has 0 aromatic heterocycles. The highest BCUT2D eigenvalue weighted by Gasteiger charge is 2.00. The summed E-state index contributed by atoms with van der Waals surface area (Å²) < 4.78 is 2.11. The summed E-state index contributed by atoms with van der Waals surface area (Å²) in [5.41, 5.74) is 8.51. The van der Waals surface area contributed by atoms with Crippen LogP contribution in [0, 0.1) is 0 Å². The lowest BCUT2D eigenvalue weighted by Crippen LogP contribution is -2.19. The minimum atomic E-state index is 0.225. The number of hydrogen-bond acceptors (Lipinski definition) is 1. The highest BCUT2D eigenvalue weighted by atomic mass is 127. The van der Waals surface area contributed by atoms with E-state index in [4.69, 9.17) is 5.73 Å². The molecule has 12 heavy (non-hydrogen) atoms. The molecule has 0 unspecified atom stereocenters. The maximum Gasteiger partial charge on any atom is 0.0251 e. The second-order valence-electron chi connectivity index (χ2n) is 2.94. The quantitative estimate of drug-likeness (QED) is 0.619. The van der Waals surface area contributed by atoms with Gasteiger partial charge in [-0.2, -0.15) is 0 Å². The Bertz CT molecular complexity index is 182. The van der Waals surface area contributed by atoms with Crippen LogP contribution in [-0.4, -0.2) is 6.04 Å². The molecule has 1 nitrogen and oxygen atoms in total. The lowest BCUT2D eigenvalue weighted by atomic mass is 10.0. The first kappa shape index (κ1) is 12.2. The van der Waals surface area contributed by atoms with Gasteiger partial charge in [-0.25, -0.2) is 0 Å². The summed E-state index contributed by atoms with van der Waals surface area (Å²) in [6.07, 6.45) is 4.29. The molecule has 0 amide bonds. The van der Waals surface area contributed by atoms with Gasteiger partial charge in [-0.3, -0.25) is 0 Å². The molecular weight excluding hydrogens is 261 g/mol. The van der Waals surface area contributed by atoms with Crippen LogP contribution in [0.4, 0.5) is 0 Å². The first-order chi connectivity index (χ1) is 5.65. The molecule has 0 spiro atoms. The average Bonchev–Trinajstić information content (AvgIpc) is 2.12. The molecule has 1 atom stereocenters. The molecule has 70 valence electrons. The fourth-order valence-electron chi connectivity index (χ4n) is 0.932. The van der Waals surface area contributed by atoms with Crippen LogP contribution in [0.1, 0.15) is 33.6 Å². The highest BCUT2D eigenvalue weighted by molar-refractivity contribution is 14.1. The van der Waals surface area contributed by atoms with Crippen molar-refractivity contribution in [1.29, 1.82) is 0 Å². The zero-order valence-electron chi connectivity index (χ0n) is 8.10. The molecule has 0 bridgehead atoms. The molecule has 0 aromatic carbocycles. The van der Waals surface area contributed by atoms with E-state index < -0.39 is 0 Å². The fourth-order valence-corrected chi connectivity index (χ4v) is 1.55. The molecule has 0 aliphatic rings. The normalized spacial score (nSPS) is 16.4. The Kier molecular flexibility index (Phi) is 6.76. The standard InChI is InChI=1S/C10H18IN/c1-4-9(7-11)6-8(3)10(12)5-2/h6-7,10H,4-5,12H2,1-3H3/b8-6+,9-7-/t10-/m1/s1. The van der Waals surface area contributed by atoms with Crippen molar-refractivity contribution in [2.24, 2.45) is 5.73 Å². The van der Waals surface area contributed by atoms with Gasteiger partial charge < -0.3 is 5.73 Å². The molecular formula is C10H18IN. The van der Waals surface area contributed by atoms with E-state index in [-0.39, 0.29) is 6.04 Å². The summed E-state index contributed by atoms with van der Waals surface area (Å²) in [4.78, 5) is 0. The smallest absolute Gasteiger partial charge is 0.0251 e. The van der Waals surface area contributed by atoms with E-state index in [9.17, 15) is 0 Å². The van der Waals surface area contributed by atoms with E-state index in [0.29, 0.717) is 0 Å². The zero-order valence-corrected chi connectivity index (χ0v) is 10.3. The van der Waals surface area contributed by atoms with E-state index >= 15 is 0 Å². The predicted octanol–water partition coefficient (Wildman–Crippen LogP) is 3.40. The summed E-state index contributed by atoms with van der Waals surface area (Å²) in [6, 6.07) is 0.225. The summed E-state index contributed by atoms with van der Waals surface area (Å²) in [7, 11) is 0. The monoisotopic (exact) mass is 279 g/mol. The summed E-state index contributed by atoms with van der Waals surface area (Å²) in [6.45, 7) is 6.37. The second kappa shape index (κ2) is 6.66. The molecule has 0 aliphatic heterocycles. The first-order valence-corrected chi connectivity index (χ1v) is 5.63. The Morgan fingerprint density at radius 1 is 1.50 bits per heavy atom. The van der Waals surface area contributed by atoms with Crippen molar-refractivity contribution in [3.8, 4) is 0 Å². The van der Waals surface area contributed by atoms with Crippen LogP contribution in [-0.2, 0) is 0 Å². The number of rotatable bonds is 4. The molecule has 0 rings (SSSR count). The minimum Gasteiger partial charge on any atom is -0.324 e. The lowest BCUT2D eigenvalue weighted by molar-refractivity contribution is 0.738. The van der Waals surface area contributed by atoms with E-state index in [1.807, 2.05) is 0 Å². The molecule has 0 radical (unpaired) electrons. The number of halogens is 1. The number of nitrogens with two attached hydrogens (primary N) is 1.